The third kappa shape index (κ3) is 6.36. The molecule has 0 amide bonds. The summed E-state index contributed by atoms with van der Waals surface area (Å²) in [6.45, 7) is 4.05. The van der Waals surface area contributed by atoms with Crippen molar-refractivity contribution < 1.29 is 19.1 Å². The van der Waals surface area contributed by atoms with E-state index in [-0.39, 0.29) is 30.9 Å². The molecule has 0 bridgehead atoms. The summed E-state index contributed by atoms with van der Waals surface area (Å²) in [5.74, 6) is -0.707. The molecule has 4 heteroatoms. The second-order valence-electron chi connectivity index (χ2n) is 4.51. The van der Waals surface area contributed by atoms with E-state index in [2.05, 4.69) is 0 Å². The Balaban J connectivity index is 2.36. The van der Waals surface area contributed by atoms with Crippen molar-refractivity contribution in [3.63, 3.8) is 0 Å². The minimum atomic E-state index is -0.361. The smallest absolute Gasteiger partial charge is 0.306 e. The summed E-state index contributed by atoms with van der Waals surface area (Å²) >= 11 is 0. The highest BCUT2D eigenvalue weighted by atomic mass is 16.5. The van der Waals surface area contributed by atoms with Gasteiger partial charge >= 0.3 is 11.9 Å². The molecule has 0 aliphatic carbocycles. The fourth-order valence-electron chi connectivity index (χ4n) is 1.83. The van der Waals surface area contributed by atoms with Gasteiger partial charge in [-0.2, -0.15) is 0 Å². The zero-order valence-electron chi connectivity index (χ0n) is 12.1. The molecule has 0 saturated heterocycles. The molecule has 0 aromatic heterocycles. The van der Waals surface area contributed by atoms with E-state index < -0.39 is 0 Å². The van der Waals surface area contributed by atoms with E-state index in [1.807, 2.05) is 37.3 Å². The zero-order chi connectivity index (χ0) is 14.8. The lowest BCUT2D eigenvalue weighted by atomic mass is 10.1. The van der Waals surface area contributed by atoms with E-state index >= 15 is 0 Å². The molecular weight excluding hydrogens is 256 g/mol. The normalized spacial score (nSPS) is 11.7. The van der Waals surface area contributed by atoms with Gasteiger partial charge in [0, 0.05) is 6.42 Å². The maximum absolute atomic E-state index is 11.7. The standard InChI is InChI=1S/C16H22O4/c1-3-14(12-13-8-6-5-7-9-13)20-16(18)11-10-15(17)19-4-2/h5-9,14H,3-4,10-12H2,1-2H3. The van der Waals surface area contributed by atoms with Crippen molar-refractivity contribution in [2.45, 2.75) is 45.6 Å². The van der Waals surface area contributed by atoms with Crippen LogP contribution in [-0.4, -0.2) is 24.6 Å². The van der Waals surface area contributed by atoms with Crippen molar-refractivity contribution >= 4 is 11.9 Å². The van der Waals surface area contributed by atoms with E-state index in [0.717, 1.165) is 12.0 Å². The fourth-order valence-corrected chi connectivity index (χ4v) is 1.83. The van der Waals surface area contributed by atoms with Crippen LogP contribution in [0.5, 0.6) is 0 Å². The molecule has 1 aromatic rings. The van der Waals surface area contributed by atoms with Gasteiger partial charge in [0.25, 0.3) is 0 Å². The summed E-state index contributed by atoms with van der Waals surface area (Å²) in [6.07, 6.45) is 1.45. The van der Waals surface area contributed by atoms with Gasteiger partial charge in [-0.3, -0.25) is 9.59 Å². The second kappa shape index (κ2) is 9.13. The Labute approximate surface area is 120 Å². The van der Waals surface area contributed by atoms with E-state index in [1.165, 1.54) is 0 Å². The van der Waals surface area contributed by atoms with Crippen LogP contribution in [0.25, 0.3) is 0 Å². The molecule has 110 valence electrons. The lowest BCUT2D eigenvalue weighted by molar-refractivity contribution is -0.153. The Morgan fingerprint density at radius 3 is 2.30 bits per heavy atom. The molecule has 0 radical (unpaired) electrons. The molecule has 0 fully saturated rings. The van der Waals surface area contributed by atoms with Gasteiger partial charge in [0.1, 0.15) is 6.10 Å². The number of esters is 2. The maximum Gasteiger partial charge on any atom is 0.306 e. The Bertz CT molecular complexity index is 414. The fraction of sp³-hybridized carbons (Fsp3) is 0.500. The first-order valence-electron chi connectivity index (χ1n) is 7.04. The molecular formula is C16H22O4. The molecule has 0 heterocycles. The van der Waals surface area contributed by atoms with Gasteiger partial charge in [0.15, 0.2) is 0 Å². The topological polar surface area (TPSA) is 52.6 Å². The maximum atomic E-state index is 11.7. The number of carbonyl (C=O) groups excluding carboxylic acids is 2. The van der Waals surface area contributed by atoms with Crippen LogP contribution in [0.4, 0.5) is 0 Å². The van der Waals surface area contributed by atoms with Crippen LogP contribution >= 0.6 is 0 Å². The molecule has 0 N–H and O–H groups in total. The number of hydrogen-bond acceptors (Lipinski definition) is 4. The van der Waals surface area contributed by atoms with Crippen LogP contribution in [0.3, 0.4) is 0 Å². The van der Waals surface area contributed by atoms with Gasteiger partial charge < -0.3 is 9.47 Å². The summed E-state index contributed by atoms with van der Waals surface area (Å²) in [7, 11) is 0. The molecule has 0 saturated carbocycles. The van der Waals surface area contributed by atoms with Crippen molar-refractivity contribution in [2.75, 3.05) is 6.61 Å². The lowest BCUT2D eigenvalue weighted by Crippen LogP contribution is -2.20. The van der Waals surface area contributed by atoms with E-state index in [0.29, 0.717) is 13.0 Å². The molecule has 4 nitrogen and oxygen atoms in total. The highest BCUT2D eigenvalue weighted by Crippen LogP contribution is 2.10. The molecule has 0 aliphatic rings. The van der Waals surface area contributed by atoms with E-state index in [4.69, 9.17) is 9.47 Å². The van der Waals surface area contributed by atoms with Gasteiger partial charge in [0.2, 0.25) is 0 Å². The average molecular weight is 278 g/mol. The quantitative estimate of drug-likeness (QED) is 0.686. The predicted molar refractivity (Wildman–Crippen MR) is 76.2 cm³/mol. The molecule has 1 atom stereocenters. The number of carbonyl (C=O) groups is 2. The number of rotatable bonds is 8. The number of benzene rings is 1. The van der Waals surface area contributed by atoms with Crippen LogP contribution in [0, 0.1) is 0 Å². The van der Waals surface area contributed by atoms with Crippen LogP contribution in [-0.2, 0) is 25.5 Å². The SMILES string of the molecule is CCOC(=O)CCC(=O)OC(CC)Cc1ccccc1. The van der Waals surface area contributed by atoms with Crippen molar-refractivity contribution in [3.05, 3.63) is 35.9 Å². The summed E-state index contributed by atoms with van der Waals surface area (Å²) in [5, 5.41) is 0. The zero-order valence-corrected chi connectivity index (χ0v) is 12.1. The molecule has 0 aliphatic heterocycles. The number of hydrogen-bond donors (Lipinski definition) is 0. The second-order valence-corrected chi connectivity index (χ2v) is 4.51. The third-order valence-electron chi connectivity index (χ3n) is 2.90. The van der Waals surface area contributed by atoms with Crippen molar-refractivity contribution in [3.8, 4) is 0 Å². The van der Waals surface area contributed by atoms with Gasteiger partial charge in [-0.15, -0.1) is 0 Å². The molecule has 1 unspecified atom stereocenters. The summed E-state index contributed by atoms with van der Waals surface area (Å²) in [4.78, 5) is 22.8. The first-order chi connectivity index (χ1) is 9.65. The summed E-state index contributed by atoms with van der Waals surface area (Å²) < 4.78 is 10.2. The minimum Gasteiger partial charge on any atom is -0.466 e. The molecule has 0 spiro atoms. The lowest BCUT2D eigenvalue weighted by Gasteiger charge is -2.16. The van der Waals surface area contributed by atoms with E-state index in [1.54, 1.807) is 6.92 Å². The predicted octanol–water partition coefficient (Wildman–Crippen LogP) is 2.89. The first-order valence-corrected chi connectivity index (χ1v) is 7.04. The minimum absolute atomic E-state index is 0.0735. The largest absolute Gasteiger partial charge is 0.466 e. The Kier molecular flexibility index (Phi) is 7.40. The van der Waals surface area contributed by atoms with Crippen molar-refractivity contribution in [1.29, 1.82) is 0 Å². The monoisotopic (exact) mass is 278 g/mol. The molecule has 1 aromatic carbocycles. The summed E-state index contributed by atoms with van der Waals surface area (Å²) in [6, 6.07) is 9.90. The number of ether oxygens (including phenoxy) is 2. The van der Waals surface area contributed by atoms with Gasteiger partial charge in [0.05, 0.1) is 19.4 Å². The van der Waals surface area contributed by atoms with E-state index in [9.17, 15) is 9.59 Å². The highest BCUT2D eigenvalue weighted by Gasteiger charge is 2.15. The first kappa shape index (κ1) is 16.2. The van der Waals surface area contributed by atoms with Crippen LogP contribution in [0.15, 0.2) is 30.3 Å². The molecule has 1 rings (SSSR count). The molecule has 20 heavy (non-hydrogen) atoms. The third-order valence-corrected chi connectivity index (χ3v) is 2.90. The van der Waals surface area contributed by atoms with Gasteiger partial charge in [-0.05, 0) is 18.9 Å². The van der Waals surface area contributed by atoms with Crippen LogP contribution < -0.4 is 0 Å². The highest BCUT2D eigenvalue weighted by molar-refractivity contribution is 5.77. The van der Waals surface area contributed by atoms with Crippen molar-refractivity contribution in [2.24, 2.45) is 0 Å². The Morgan fingerprint density at radius 1 is 1.05 bits per heavy atom. The summed E-state index contributed by atoms with van der Waals surface area (Å²) in [5.41, 5.74) is 1.14. The van der Waals surface area contributed by atoms with Gasteiger partial charge in [-0.1, -0.05) is 37.3 Å². The Hall–Kier alpha value is -1.84. The van der Waals surface area contributed by atoms with Crippen molar-refractivity contribution in [1.82, 2.24) is 0 Å². The Morgan fingerprint density at radius 2 is 1.70 bits per heavy atom. The van der Waals surface area contributed by atoms with Crippen LogP contribution in [0.2, 0.25) is 0 Å². The van der Waals surface area contributed by atoms with Crippen LogP contribution in [0.1, 0.15) is 38.7 Å². The van der Waals surface area contributed by atoms with Gasteiger partial charge in [-0.25, -0.2) is 0 Å². The average Bonchev–Trinajstić information content (AvgIpc) is 2.46.